The summed E-state index contributed by atoms with van der Waals surface area (Å²) in [6.45, 7) is 4.95. The molecule has 0 saturated carbocycles. The first-order valence-electron chi connectivity index (χ1n) is 14.4. The number of carbonyl (C=O) groups excluding carboxylic acids is 2. The van der Waals surface area contributed by atoms with Gasteiger partial charge >= 0.3 is 0 Å². The first kappa shape index (κ1) is 32.7. The molecule has 226 valence electrons. The lowest BCUT2D eigenvalue weighted by Crippen LogP contribution is -2.50. The molecule has 9 heteroatoms. The molecule has 0 radical (unpaired) electrons. The van der Waals surface area contributed by atoms with E-state index in [0.717, 1.165) is 35.8 Å². The summed E-state index contributed by atoms with van der Waals surface area (Å²) in [5.41, 5.74) is 3.36. The number of amides is 2. The molecule has 42 heavy (non-hydrogen) atoms. The lowest BCUT2D eigenvalue weighted by atomic mass is 10.0. The van der Waals surface area contributed by atoms with Gasteiger partial charge in [0, 0.05) is 32.5 Å². The van der Waals surface area contributed by atoms with E-state index >= 15 is 0 Å². The van der Waals surface area contributed by atoms with Crippen LogP contribution in [0.5, 0.6) is 5.75 Å². The number of nitrogens with zero attached hydrogens (tertiary/aromatic N) is 2. The van der Waals surface area contributed by atoms with Gasteiger partial charge in [0.25, 0.3) is 0 Å². The first-order valence-corrected chi connectivity index (χ1v) is 16.3. The maximum absolute atomic E-state index is 13.9. The van der Waals surface area contributed by atoms with Gasteiger partial charge in [-0.05, 0) is 43.0 Å². The summed E-state index contributed by atoms with van der Waals surface area (Å²) in [7, 11) is -2.15. The van der Waals surface area contributed by atoms with Gasteiger partial charge in [-0.3, -0.25) is 13.9 Å². The summed E-state index contributed by atoms with van der Waals surface area (Å²) in [5.74, 6) is 0.0265. The molecular weight excluding hydrogens is 550 g/mol. The number of aryl methyl sites for hydroxylation is 1. The normalized spacial score (nSPS) is 11.9. The van der Waals surface area contributed by atoms with Gasteiger partial charge in [0.15, 0.2) is 0 Å². The molecule has 8 nitrogen and oxygen atoms in total. The quantitative estimate of drug-likeness (QED) is 0.233. The number of rotatable bonds is 16. The minimum absolute atomic E-state index is 0.0700. The van der Waals surface area contributed by atoms with E-state index in [4.69, 9.17) is 4.74 Å². The Morgan fingerprint density at radius 3 is 2.29 bits per heavy atom. The molecule has 0 aromatic heterocycles. The highest BCUT2D eigenvalue weighted by atomic mass is 32.2. The van der Waals surface area contributed by atoms with Crippen molar-refractivity contribution in [3.8, 4) is 5.75 Å². The van der Waals surface area contributed by atoms with Crippen LogP contribution in [0.1, 0.15) is 49.3 Å². The third-order valence-corrected chi connectivity index (χ3v) is 8.22. The number of benzene rings is 3. The van der Waals surface area contributed by atoms with Crippen molar-refractivity contribution in [2.75, 3.05) is 30.8 Å². The van der Waals surface area contributed by atoms with Crippen molar-refractivity contribution in [3.63, 3.8) is 0 Å². The molecule has 1 N–H and O–H groups in total. The van der Waals surface area contributed by atoms with Crippen molar-refractivity contribution >= 4 is 27.5 Å². The molecule has 2 amide bonds. The molecule has 0 aliphatic heterocycles. The fraction of sp³-hybridized carbons (Fsp3) is 0.394. The van der Waals surface area contributed by atoms with Gasteiger partial charge in [0.05, 0.1) is 19.1 Å². The van der Waals surface area contributed by atoms with E-state index in [2.05, 4.69) is 12.2 Å². The van der Waals surface area contributed by atoms with Crippen LogP contribution in [-0.2, 0) is 32.6 Å². The number of carbonyl (C=O) groups is 2. The van der Waals surface area contributed by atoms with E-state index in [-0.39, 0.29) is 37.7 Å². The number of sulfonamides is 1. The Balaban J connectivity index is 1.89. The summed E-state index contributed by atoms with van der Waals surface area (Å²) in [5, 5.41) is 3.03. The molecule has 0 bridgehead atoms. The predicted molar refractivity (Wildman–Crippen MR) is 168 cm³/mol. The van der Waals surface area contributed by atoms with Crippen LogP contribution in [0.2, 0.25) is 0 Å². The average Bonchev–Trinajstić information content (AvgIpc) is 2.97. The van der Waals surface area contributed by atoms with Gasteiger partial charge in [-0.1, -0.05) is 85.6 Å². The second kappa shape index (κ2) is 16.0. The Kier molecular flexibility index (Phi) is 12.4. The number of methoxy groups -OCH3 is 1. The molecule has 3 aromatic rings. The second-order valence-corrected chi connectivity index (χ2v) is 12.4. The van der Waals surface area contributed by atoms with E-state index in [1.807, 2.05) is 61.5 Å². The van der Waals surface area contributed by atoms with Crippen LogP contribution >= 0.6 is 0 Å². The molecular formula is C33H43N3O5S. The molecule has 3 rings (SSSR count). The molecule has 0 spiro atoms. The number of anilines is 1. The Morgan fingerprint density at radius 2 is 1.62 bits per heavy atom. The highest BCUT2D eigenvalue weighted by Gasteiger charge is 2.30. The Labute approximate surface area is 250 Å². The molecule has 1 atom stereocenters. The highest BCUT2D eigenvalue weighted by Crippen LogP contribution is 2.30. The molecule has 0 aliphatic carbocycles. The second-order valence-electron chi connectivity index (χ2n) is 10.5. The van der Waals surface area contributed by atoms with E-state index in [0.29, 0.717) is 24.4 Å². The van der Waals surface area contributed by atoms with Crippen molar-refractivity contribution in [3.05, 3.63) is 95.6 Å². The van der Waals surface area contributed by atoms with Crippen LogP contribution in [0.25, 0.3) is 0 Å². The Morgan fingerprint density at radius 1 is 0.929 bits per heavy atom. The average molecular weight is 594 g/mol. The molecule has 0 unspecified atom stereocenters. The summed E-state index contributed by atoms with van der Waals surface area (Å²) in [6, 6.07) is 23.8. The van der Waals surface area contributed by atoms with Crippen LogP contribution < -0.4 is 14.4 Å². The van der Waals surface area contributed by atoms with E-state index in [1.54, 1.807) is 29.2 Å². The topological polar surface area (TPSA) is 96.0 Å². The number of para-hydroxylation sites is 2. The zero-order chi connectivity index (χ0) is 30.5. The van der Waals surface area contributed by atoms with Gasteiger partial charge in [-0.2, -0.15) is 0 Å². The lowest BCUT2D eigenvalue weighted by Gasteiger charge is -2.32. The minimum Gasteiger partial charge on any atom is -0.495 e. The maximum atomic E-state index is 13.9. The lowest BCUT2D eigenvalue weighted by molar-refractivity contribution is -0.141. The molecule has 0 saturated heterocycles. The minimum atomic E-state index is -3.64. The van der Waals surface area contributed by atoms with Crippen LogP contribution in [0.3, 0.4) is 0 Å². The number of ether oxygens (including phenoxy) is 1. The Bertz CT molecular complexity index is 1410. The number of unbranched alkanes of at least 4 members (excludes halogenated alkanes) is 1. The van der Waals surface area contributed by atoms with Crippen LogP contribution in [0.15, 0.2) is 78.9 Å². The zero-order valence-electron chi connectivity index (χ0n) is 25.1. The zero-order valence-corrected chi connectivity index (χ0v) is 25.9. The van der Waals surface area contributed by atoms with Gasteiger partial charge in [0.1, 0.15) is 11.8 Å². The number of hydrogen-bond acceptors (Lipinski definition) is 5. The fourth-order valence-electron chi connectivity index (χ4n) is 4.89. The molecule has 0 aliphatic rings. The van der Waals surface area contributed by atoms with Gasteiger partial charge < -0.3 is 15.0 Å². The summed E-state index contributed by atoms with van der Waals surface area (Å²) in [6.07, 6.45) is 3.64. The van der Waals surface area contributed by atoms with Crippen molar-refractivity contribution in [2.45, 2.75) is 58.5 Å². The first-order chi connectivity index (χ1) is 20.1. The largest absolute Gasteiger partial charge is 0.495 e. The van der Waals surface area contributed by atoms with E-state index in [1.165, 1.54) is 11.4 Å². The van der Waals surface area contributed by atoms with Gasteiger partial charge in [0.2, 0.25) is 21.8 Å². The van der Waals surface area contributed by atoms with Crippen molar-refractivity contribution in [1.82, 2.24) is 10.2 Å². The third-order valence-electron chi connectivity index (χ3n) is 7.04. The van der Waals surface area contributed by atoms with Crippen molar-refractivity contribution < 1.29 is 22.7 Å². The van der Waals surface area contributed by atoms with Crippen molar-refractivity contribution in [2.24, 2.45) is 0 Å². The smallest absolute Gasteiger partial charge is 0.243 e. The monoisotopic (exact) mass is 593 g/mol. The highest BCUT2D eigenvalue weighted by molar-refractivity contribution is 7.92. The molecule has 0 heterocycles. The van der Waals surface area contributed by atoms with E-state index in [9.17, 15) is 18.0 Å². The van der Waals surface area contributed by atoms with Crippen LogP contribution in [-0.4, -0.2) is 57.6 Å². The fourth-order valence-corrected chi connectivity index (χ4v) is 5.85. The Hall–Kier alpha value is -3.85. The summed E-state index contributed by atoms with van der Waals surface area (Å²) < 4.78 is 32.1. The van der Waals surface area contributed by atoms with E-state index < -0.39 is 16.1 Å². The van der Waals surface area contributed by atoms with Gasteiger partial charge in [-0.15, -0.1) is 0 Å². The third kappa shape index (κ3) is 9.62. The SMILES string of the molecule is CCCCNC(=O)[C@H](Cc1ccccc1)N(Cc1cccc(C)c1)C(=O)CCCN(c1ccccc1OC)S(C)(=O)=O. The summed E-state index contributed by atoms with van der Waals surface area (Å²) >= 11 is 0. The van der Waals surface area contributed by atoms with Crippen molar-refractivity contribution in [1.29, 1.82) is 0 Å². The molecule has 0 fully saturated rings. The van der Waals surface area contributed by atoms with Crippen LogP contribution in [0, 0.1) is 6.92 Å². The standard InChI is InChI=1S/C33H43N3O5S/c1-5-6-21-34-33(38)30(24-27-15-8-7-9-16-27)35(25-28-17-12-14-26(2)23-28)32(37)20-13-22-36(42(4,39)40)29-18-10-11-19-31(29)41-3/h7-12,14-19,23,30H,5-6,13,20-22,24-25H2,1-4H3,(H,34,38)/t30-/m0/s1. The predicted octanol–water partition coefficient (Wildman–Crippen LogP) is 5.11. The van der Waals surface area contributed by atoms with Gasteiger partial charge in [-0.25, -0.2) is 8.42 Å². The maximum Gasteiger partial charge on any atom is 0.243 e. The number of hydrogen-bond donors (Lipinski definition) is 1. The molecule has 3 aromatic carbocycles. The van der Waals surface area contributed by atoms with Crippen LogP contribution in [0.4, 0.5) is 5.69 Å². The summed E-state index contributed by atoms with van der Waals surface area (Å²) in [4.78, 5) is 29.2. The number of nitrogens with one attached hydrogen (secondary N) is 1.